The maximum Gasteiger partial charge on any atom is 0.171 e. The summed E-state index contributed by atoms with van der Waals surface area (Å²) < 4.78 is 32.5. The fourth-order valence-corrected chi connectivity index (χ4v) is 6.87. The molecular weight excluding hydrogens is 744 g/mol. The van der Waals surface area contributed by atoms with E-state index in [1.54, 1.807) is 12.2 Å². The molecule has 2 atom stereocenters. The molecule has 0 N–H and O–H groups in total. The van der Waals surface area contributed by atoms with E-state index in [2.05, 4.69) is 63.7 Å². The Kier molecular flexibility index (Phi) is 9.81. The van der Waals surface area contributed by atoms with Crippen molar-refractivity contribution in [2.75, 3.05) is 0 Å². The SMILES string of the molecule is O=S(=O)(C(C=Cc1ccc(Br)cc1)c1ccc(Br)cc1)C(C=Cc1ccc(Br)cc1)c1ccc(Br)cc1. The predicted octanol–water partition coefficient (Wildman–Crippen LogP) is 10.4. The summed E-state index contributed by atoms with van der Waals surface area (Å²) in [6.07, 6.45) is 7.30. The molecule has 0 bridgehead atoms. The van der Waals surface area contributed by atoms with E-state index >= 15 is 0 Å². The molecule has 4 aromatic rings. The van der Waals surface area contributed by atoms with Crippen molar-refractivity contribution < 1.29 is 8.42 Å². The molecule has 2 unspecified atom stereocenters. The molecule has 4 rings (SSSR count). The van der Waals surface area contributed by atoms with Crippen molar-refractivity contribution in [2.24, 2.45) is 0 Å². The Morgan fingerprint density at radius 1 is 0.459 bits per heavy atom. The van der Waals surface area contributed by atoms with Crippen molar-refractivity contribution in [1.29, 1.82) is 0 Å². The first kappa shape index (κ1) is 28.2. The number of benzene rings is 4. The fraction of sp³-hybridized carbons (Fsp3) is 0.0667. The third-order valence-electron chi connectivity index (χ3n) is 5.77. The smallest absolute Gasteiger partial charge is 0.171 e. The van der Waals surface area contributed by atoms with Crippen molar-refractivity contribution in [1.82, 2.24) is 0 Å². The molecule has 0 aromatic heterocycles. The van der Waals surface area contributed by atoms with Crippen LogP contribution in [-0.4, -0.2) is 8.42 Å². The lowest BCUT2D eigenvalue weighted by Crippen LogP contribution is -2.19. The van der Waals surface area contributed by atoms with Crippen LogP contribution in [0.3, 0.4) is 0 Å². The third-order valence-corrected chi connectivity index (χ3v) is 10.2. The highest BCUT2D eigenvalue weighted by molar-refractivity contribution is 9.11. The minimum atomic E-state index is -3.77. The lowest BCUT2D eigenvalue weighted by molar-refractivity contribution is 0.584. The van der Waals surface area contributed by atoms with Gasteiger partial charge in [0.05, 0.1) is 0 Å². The second kappa shape index (κ2) is 12.9. The maximum atomic E-state index is 14.4. The summed E-state index contributed by atoms with van der Waals surface area (Å²) in [6, 6.07) is 30.5. The van der Waals surface area contributed by atoms with Crippen LogP contribution in [0.25, 0.3) is 12.2 Å². The molecule has 7 heteroatoms. The molecule has 0 fully saturated rings. The van der Waals surface area contributed by atoms with Crippen LogP contribution in [0.4, 0.5) is 0 Å². The van der Waals surface area contributed by atoms with Crippen LogP contribution in [0.5, 0.6) is 0 Å². The van der Waals surface area contributed by atoms with Crippen LogP contribution in [0.1, 0.15) is 32.8 Å². The fourth-order valence-electron chi connectivity index (χ4n) is 3.83. The van der Waals surface area contributed by atoms with Gasteiger partial charge in [0.1, 0.15) is 10.5 Å². The Bertz CT molecular complexity index is 1380. The molecular formula is C30H22Br4O2S. The quantitative estimate of drug-likeness (QED) is 0.179. The lowest BCUT2D eigenvalue weighted by atomic mass is 10.1. The molecule has 0 saturated carbocycles. The first-order valence-electron chi connectivity index (χ1n) is 11.3. The Labute approximate surface area is 252 Å². The van der Waals surface area contributed by atoms with Gasteiger partial charge in [0.15, 0.2) is 9.84 Å². The molecule has 0 spiro atoms. The van der Waals surface area contributed by atoms with Gasteiger partial charge in [-0.15, -0.1) is 0 Å². The van der Waals surface area contributed by atoms with Crippen LogP contribution in [0, 0.1) is 0 Å². The first-order valence-corrected chi connectivity index (χ1v) is 16.1. The Morgan fingerprint density at radius 3 is 1.03 bits per heavy atom. The van der Waals surface area contributed by atoms with E-state index in [1.807, 2.05) is 109 Å². The van der Waals surface area contributed by atoms with Crippen molar-refractivity contribution in [3.63, 3.8) is 0 Å². The van der Waals surface area contributed by atoms with Crippen molar-refractivity contribution in [2.45, 2.75) is 10.5 Å². The van der Waals surface area contributed by atoms with E-state index in [0.29, 0.717) is 11.1 Å². The average molecular weight is 766 g/mol. The third kappa shape index (κ3) is 7.64. The van der Waals surface area contributed by atoms with E-state index in [-0.39, 0.29) is 0 Å². The number of hydrogen-bond acceptors (Lipinski definition) is 2. The minimum Gasteiger partial charge on any atom is -0.227 e. The van der Waals surface area contributed by atoms with Gasteiger partial charge in [0.25, 0.3) is 0 Å². The normalized spacial score (nSPS) is 13.7. The van der Waals surface area contributed by atoms with Gasteiger partial charge in [-0.2, -0.15) is 0 Å². The second-order valence-corrected chi connectivity index (χ2v) is 14.2. The summed E-state index contributed by atoms with van der Waals surface area (Å²) in [4.78, 5) is 0. The highest BCUT2D eigenvalue weighted by Gasteiger charge is 2.33. The molecule has 0 amide bonds. The summed E-state index contributed by atoms with van der Waals surface area (Å²) in [6.45, 7) is 0. The molecule has 0 saturated heterocycles. The van der Waals surface area contributed by atoms with E-state index in [0.717, 1.165) is 29.0 Å². The highest BCUT2D eigenvalue weighted by atomic mass is 79.9. The van der Waals surface area contributed by atoms with Crippen LogP contribution in [0.15, 0.2) is 127 Å². The van der Waals surface area contributed by atoms with E-state index in [4.69, 9.17) is 0 Å². The summed E-state index contributed by atoms with van der Waals surface area (Å²) in [5.41, 5.74) is 3.25. The number of sulfone groups is 1. The van der Waals surface area contributed by atoms with Crippen LogP contribution < -0.4 is 0 Å². The van der Waals surface area contributed by atoms with Gasteiger partial charge < -0.3 is 0 Å². The topological polar surface area (TPSA) is 34.1 Å². The van der Waals surface area contributed by atoms with Crippen molar-refractivity contribution >= 4 is 85.7 Å². The van der Waals surface area contributed by atoms with E-state index in [9.17, 15) is 8.42 Å². The number of halogens is 4. The second-order valence-electron chi connectivity index (χ2n) is 8.35. The van der Waals surface area contributed by atoms with Gasteiger partial charge in [-0.25, -0.2) is 8.42 Å². The molecule has 0 heterocycles. The van der Waals surface area contributed by atoms with Crippen molar-refractivity contribution in [3.05, 3.63) is 149 Å². The molecule has 4 aromatic carbocycles. The van der Waals surface area contributed by atoms with E-state index < -0.39 is 20.3 Å². The Balaban J connectivity index is 1.81. The zero-order valence-electron chi connectivity index (χ0n) is 19.4. The summed E-state index contributed by atoms with van der Waals surface area (Å²) >= 11 is 13.8. The molecule has 0 aliphatic rings. The van der Waals surface area contributed by atoms with Gasteiger partial charge in [-0.3, -0.25) is 0 Å². The molecule has 37 heavy (non-hydrogen) atoms. The molecule has 188 valence electrons. The summed E-state index contributed by atoms with van der Waals surface area (Å²) in [5.74, 6) is 0. The Hall–Kier alpha value is -1.77. The highest BCUT2D eigenvalue weighted by Crippen LogP contribution is 2.38. The summed E-state index contributed by atoms with van der Waals surface area (Å²) in [5, 5.41) is -1.71. The monoisotopic (exact) mass is 762 g/mol. The zero-order valence-corrected chi connectivity index (χ0v) is 26.6. The largest absolute Gasteiger partial charge is 0.227 e. The number of hydrogen-bond donors (Lipinski definition) is 0. The van der Waals surface area contributed by atoms with Crippen LogP contribution in [-0.2, 0) is 9.84 Å². The number of rotatable bonds is 8. The zero-order chi connectivity index (χ0) is 26.4. The minimum absolute atomic E-state index is 0.704. The molecule has 0 aliphatic heterocycles. The predicted molar refractivity (Wildman–Crippen MR) is 169 cm³/mol. The van der Waals surface area contributed by atoms with Gasteiger partial charge in [0, 0.05) is 17.9 Å². The van der Waals surface area contributed by atoms with Gasteiger partial charge in [-0.1, -0.05) is 137 Å². The van der Waals surface area contributed by atoms with Crippen molar-refractivity contribution in [3.8, 4) is 0 Å². The standard InChI is InChI=1S/C30H22Br4O2S/c31-25-11-1-21(2-12-25)5-19-29(23-7-15-27(33)16-8-23)37(35,36)30(24-9-17-28(34)18-10-24)20-6-22-3-13-26(32)14-4-22/h1-20,29-30H. The van der Waals surface area contributed by atoms with Gasteiger partial charge in [0.2, 0.25) is 0 Å². The van der Waals surface area contributed by atoms with Crippen LogP contribution >= 0.6 is 63.7 Å². The van der Waals surface area contributed by atoms with Crippen LogP contribution in [0.2, 0.25) is 0 Å². The van der Waals surface area contributed by atoms with Gasteiger partial charge >= 0.3 is 0 Å². The maximum absolute atomic E-state index is 14.4. The molecule has 0 radical (unpaired) electrons. The summed E-state index contributed by atoms with van der Waals surface area (Å²) in [7, 11) is -3.77. The van der Waals surface area contributed by atoms with Gasteiger partial charge in [-0.05, 0) is 70.8 Å². The lowest BCUT2D eigenvalue weighted by Gasteiger charge is -2.22. The van der Waals surface area contributed by atoms with E-state index in [1.165, 1.54) is 0 Å². The average Bonchev–Trinajstić information content (AvgIpc) is 2.88. The molecule has 0 aliphatic carbocycles. The first-order chi connectivity index (χ1) is 17.7. The molecule has 2 nitrogen and oxygen atoms in total. The Morgan fingerprint density at radius 2 is 0.730 bits per heavy atom.